The SMILES string of the molecule is COCCCC(N)Cc1ccn(C2CCCC2)n1. The van der Waals surface area contributed by atoms with Gasteiger partial charge in [-0.15, -0.1) is 0 Å². The molecule has 0 aliphatic heterocycles. The van der Waals surface area contributed by atoms with E-state index < -0.39 is 0 Å². The quantitative estimate of drug-likeness (QED) is 0.756. The van der Waals surface area contributed by atoms with Gasteiger partial charge in [0.25, 0.3) is 0 Å². The lowest BCUT2D eigenvalue weighted by atomic mass is 10.1. The summed E-state index contributed by atoms with van der Waals surface area (Å²) in [6.45, 7) is 0.796. The van der Waals surface area contributed by atoms with E-state index in [2.05, 4.69) is 22.0 Å². The number of methoxy groups -OCH3 is 1. The fraction of sp³-hybridized carbons (Fsp3) is 0.786. The Hall–Kier alpha value is -0.870. The van der Waals surface area contributed by atoms with E-state index >= 15 is 0 Å². The Bertz CT molecular complexity index is 345. The second-order valence-corrected chi connectivity index (χ2v) is 5.32. The Labute approximate surface area is 110 Å². The van der Waals surface area contributed by atoms with Crippen molar-refractivity contribution in [2.75, 3.05) is 13.7 Å². The lowest BCUT2D eigenvalue weighted by Crippen LogP contribution is -2.23. The topological polar surface area (TPSA) is 53.1 Å². The molecule has 1 unspecified atom stereocenters. The lowest BCUT2D eigenvalue weighted by molar-refractivity contribution is 0.190. The van der Waals surface area contributed by atoms with Gasteiger partial charge in [0.2, 0.25) is 0 Å². The van der Waals surface area contributed by atoms with Gasteiger partial charge in [0.1, 0.15) is 0 Å². The molecule has 0 bridgehead atoms. The van der Waals surface area contributed by atoms with Crippen LogP contribution in [0.25, 0.3) is 0 Å². The number of hydrogen-bond donors (Lipinski definition) is 1. The molecular weight excluding hydrogens is 226 g/mol. The molecule has 0 amide bonds. The molecular formula is C14H25N3O. The Morgan fingerprint density at radius 3 is 3.00 bits per heavy atom. The van der Waals surface area contributed by atoms with E-state index in [1.165, 1.54) is 25.7 Å². The molecule has 1 saturated carbocycles. The molecule has 18 heavy (non-hydrogen) atoms. The summed E-state index contributed by atoms with van der Waals surface area (Å²) < 4.78 is 7.18. The average Bonchev–Trinajstić information content (AvgIpc) is 2.98. The average molecular weight is 251 g/mol. The Balaban J connectivity index is 1.78. The second kappa shape index (κ2) is 6.90. The monoisotopic (exact) mass is 251 g/mol. The van der Waals surface area contributed by atoms with Gasteiger partial charge in [-0.05, 0) is 31.7 Å². The summed E-state index contributed by atoms with van der Waals surface area (Å²) in [6.07, 6.45) is 10.3. The maximum absolute atomic E-state index is 6.10. The summed E-state index contributed by atoms with van der Waals surface area (Å²) in [5, 5.41) is 4.67. The van der Waals surface area contributed by atoms with Crippen molar-refractivity contribution >= 4 is 0 Å². The number of ether oxygens (including phenoxy) is 1. The third-order valence-corrected chi connectivity index (χ3v) is 3.76. The summed E-state index contributed by atoms with van der Waals surface area (Å²) in [7, 11) is 1.73. The van der Waals surface area contributed by atoms with E-state index in [1.807, 2.05) is 0 Å². The number of nitrogens with two attached hydrogens (primary N) is 1. The number of rotatable bonds is 7. The number of hydrogen-bond acceptors (Lipinski definition) is 3. The lowest BCUT2D eigenvalue weighted by Gasteiger charge is -2.11. The van der Waals surface area contributed by atoms with Gasteiger partial charge in [-0.2, -0.15) is 5.10 Å². The predicted octanol–water partition coefficient (Wildman–Crippen LogP) is 2.29. The third kappa shape index (κ3) is 3.82. The van der Waals surface area contributed by atoms with Crippen LogP contribution in [0, 0.1) is 0 Å². The van der Waals surface area contributed by atoms with Gasteiger partial charge < -0.3 is 10.5 Å². The molecule has 0 radical (unpaired) electrons. The van der Waals surface area contributed by atoms with Crippen LogP contribution in [0.1, 0.15) is 50.3 Å². The molecule has 1 atom stereocenters. The highest BCUT2D eigenvalue weighted by Crippen LogP contribution is 2.28. The molecule has 1 aromatic rings. The van der Waals surface area contributed by atoms with Crippen molar-refractivity contribution < 1.29 is 4.74 Å². The van der Waals surface area contributed by atoms with Crippen molar-refractivity contribution in [1.82, 2.24) is 9.78 Å². The summed E-state index contributed by atoms with van der Waals surface area (Å²) in [5.41, 5.74) is 7.24. The van der Waals surface area contributed by atoms with Crippen LogP contribution in [0.3, 0.4) is 0 Å². The van der Waals surface area contributed by atoms with Crippen LogP contribution in [0.5, 0.6) is 0 Å². The smallest absolute Gasteiger partial charge is 0.0640 e. The molecule has 0 aromatic carbocycles. The van der Waals surface area contributed by atoms with Crippen molar-refractivity contribution in [3.63, 3.8) is 0 Å². The van der Waals surface area contributed by atoms with Crippen LogP contribution >= 0.6 is 0 Å². The minimum atomic E-state index is 0.201. The van der Waals surface area contributed by atoms with Gasteiger partial charge in [-0.25, -0.2) is 0 Å². The largest absolute Gasteiger partial charge is 0.385 e. The molecule has 2 rings (SSSR count). The van der Waals surface area contributed by atoms with E-state index in [0.29, 0.717) is 6.04 Å². The van der Waals surface area contributed by atoms with Gasteiger partial charge in [-0.1, -0.05) is 12.8 Å². The van der Waals surface area contributed by atoms with Crippen LogP contribution in [-0.4, -0.2) is 29.5 Å². The molecule has 0 spiro atoms. The number of nitrogens with zero attached hydrogens (tertiary/aromatic N) is 2. The van der Waals surface area contributed by atoms with E-state index in [-0.39, 0.29) is 6.04 Å². The fourth-order valence-corrected chi connectivity index (χ4v) is 2.72. The third-order valence-electron chi connectivity index (χ3n) is 3.76. The molecule has 4 heteroatoms. The van der Waals surface area contributed by atoms with E-state index in [4.69, 9.17) is 10.5 Å². The van der Waals surface area contributed by atoms with E-state index in [9.17, 15) is 0 Å². The van der Waals surface area contributed by atoms with Crippen molar-refractivity contribution in [2.24, 2.45) is 5.73 Å². The highest BCUT2D eigenvalue weighted by molar-refractivity contribution is 5.02. The zero-order valence-corrected chi connectivity index (χ0v) is 11.3. The molecule has 1 heterocycles. The Morgan fingerprint density at radius 2 is 2.28 bits per heavy atom. The first-order valence-corrected chi connectivity index (χ1v) is 7.08. The molecule has 2 N–H and O–H groups in total. The standard InChI is InChI=1S/C14H25N3O/c1-18-10-4-5-12(15)11-13-8-9-17(16-13)14-6-2-3-7-14/h8-9,12,14H,2-7,10-11,15H2,1H3. The molecule has 4 nitrogen and oxygen atoms in total. The molecule has 0 saturated heterocycles. The van der Waals surface area contributed by atoms with Gasteiger partial charge in [-0.3, -0.25) is 4.68 Å². The van der Waals surface area contributed by atoms with Crippen LogP contribution in [0.4, 0.5) is 0 Å². The van der Waals surface area contributed by atoms with E-state index in [0.717, 1.165) is 31.6 Å². The summed E-state index contributed by atoms with van der Waals surface area (Å²) >= 11 is 0. The molecule has 1 aliphatic carbocycles. The molecule has 1 fully saturated rings. The maximum atomic E-state index is 6.10. The first-order valence-electron chi connectivity index (χ1n) is 7.08. The molecule has 102 valence electrons. The van der Waals surface area contributed by atoms with E-state index in [1.54, 1.807) is 7.11 Å². The first-order chi connectivity index (χ1) is 8.79. The van der Waals surface area contributed by atoms with Gasteiger partial charge in [0, 0.05) is 32.4 Å². The van der Waals surface area contributed by atoms with Crippen LogP contribution in [-0.2, 0) is 11.2 Å². The molecule has 1 aromatic heterocycles. The van der Waals surface area contributed by atoms with Crippen LogP contribution in [0.15, 0.2) is 12.3 Å². The highest BCUT2D eigenvalue weighted by atomic mass is 16.5. The Kier molecular flexibility index (Phi) is 5.20. The summed E-state index contributed by atoms with van der Waals surface area (Å²) in [5.74, 6) is 0. The summed E-state index contributed by atoms with van der Waals surface area (Å²) in [4.78, 5) is 0. The van der Waals surface area contributed by atoms with Crippen molar-refractivity contribution in [1.29, 1.82) is 0 Å². The normalized spacial score (nSPS) is 18.3. The Morgan fingerprint density at radius 1 is 1.50 bits per heavy atom. The number of aromatic nitrogens is 2. The van der Waals surface area contributed by atoms with Gasteiger partial charge >= 0.3 is 0 Å². The fourth-order valence-electron chi connectivity index (χ4n) is 2.72. The van der Waals surface area contributed by atoms with Crippen molar-refractivity contribution in [3.8, 4) is 0 Å². The first kappa shape index (κ1) is 13.6. The molecule has 1 aliphatic rings. The van der Waals surface area contributed by atoms with Crippen molar-refractivity contribution in [3.05, 3.63) is 18.0 Å². The minimum Gasteiger partial charge on any atom is -0.385 e. The maximum Gasteiger partial charge on any atom is 0.0640 e. The summed E-state index contributed by atoms with van der Waals surface area (Å²) in [6, 6.07) is 2.95. The highest BCUT2D eigenvalue weighted by Gasteiger charge is 2.17. The zero-order valence-electron chi connectivity index (χ0n) is 11.3. The van der Waals surface area contributed by atoms with Crippen LogP contribution < -0.4 is 5.73 Å². The van der Waals surface area contributed by atoms with Crippen LogP contribution in [0.2, 0.25) is 0 Å². The minimum absolute atomic E-state index is 0.201. The van der Waals surface area contributed by atoms with Gasteiger partial charge in [0.15, 0.2) is 0 Å². The zero-order chi connectivity index (χ0) is 12.8. The van der Waals surface area contributed by atoms with Gasteiger partial charge in [0.05, 0.1) is 11.7 Å². The van der Waals surface area contributed by atoms with Crippen molar-refractivity contribution in [2.45, 2.75) is 57.0 Å². The second-order valence-electron chi connectivity index (χ2n) is 5.32. The predicted molar refractivity (Wildman–Crippen MR) is 72.5 cm³/mol.